The van der Waals surface area contributed by atoms with Crippen LogP contribution in [-0.2, 0) is 22.5 Å². The highest BCUT2D eigenvalue weighted by molar-refractivity contribution is 5.48. The highest BCUT2D eigenvalue weighted by Gasteiger charge is 2.16. The highest BCUT2D eigenvalue weighted by Crippen LogP contribution is 2.35. The Kier molecular flexibility index (Phi) is 12.1. The third kappa shape index (κ3) is 8.54. The van der Waals surface area contributed by atoms with Crippen molar-refractivity contribution in [2.24, 2.45) is 0 Å². The number of benzene rings is 1. The van der Waals surface area contributed by atoms with Gasteiger partial charge in [0.15, 0.2) is 11.5 Å². The first-order chi connectivity index (χ1) is 12.3. The summed E-state index contributed by atoms with van der Waals surface area (Å²) in [6, 6.07) is 4.17. The van der Waals surface area contributed by atoms with E-state index in [1.165, 1.54) is 17.5 Å². The molecule has 1 aromatic carbocycles. The SMILES string of the molecule is CCCCOCc1cc2c(cc1CCC)OCO2.OCCOCCO. The van der Waals surface area contributed by atoms with Crippen LogP contribution >= 0.6 is 0 Å². The number of ether oxygens (including phenoxy) is 4. The van der Waals surface area contributed by atoms with E-state index in [0.717, 1.165) is 37.4 Å². The molecule has 0 saturated heterocycles. The Labute approximate surface area is 150 Å². The van der Waals surface area contributed by atoms with Crippen LogP contribution in [0.2, 0.25) is 0 Å². The molecular weight excluding hydrogens is 324 g/mol. The van der Waals surface area contributed by atoms with Gasteiger partial charge in [-0.1, -0.05) is 26.7 Å². The van der Waals surface area contributed by atoms with Crippen molar-refractivity contribution in [1.29, 1.82) is 0 Å². The maximum atomic E-state index is 8.09. The standard InChI is InChI=1S/C15H22O3.C4H10O3/c1-3-5-7-16-10-13-9-15-14(17-11-18-15)8-12(13)6-4-2;5-1-3-7-4-2-6/h8-9H,3-7,10-11H2,1-2H3;5-6H,1-4H2. The van der Waals surface area contributed by atoms with E-state index < -0.39 is 0 Å². The average Bonchev–Trinajstić information content (AvgIpc) is 3.07. The van der Waals surface area contributed by atoms with E-state index >= 15 is 0 Å². The maximum absolute atomic E-state index is 8.09. The molecule has 6 heteroatoms. The van der Waals surface area contributed by atoms with Gasteiger partial charge in [0, 0.05) is 6.61 Å². The molecule has 0 saturated carbocycles. The summed E-state index contributed by atoms with van der Waals surface area (Å²) < 4.78 is 21.2. The van der Waals surface area contributed by atoms with Crippen LogP contribution in [0.1, 0.15) is 44.2 Å². The lowest BCUT2D eigenvalue weighted by Gasteiger charge is -2.11. The molecule has 6 nitrogen and oxygen atoms in total. The maximum Gasteiger partial charge on any atom is 0.231 e. The van der Waals surface area contributed by atoms with Crippen LogP contribution in [0.25, 0.3) is 0 Å². The number of rotatable bonds is 11. The third-order valence-corrected chi connectivity index (χ3v) is 3.59. The van der Waals surface area contributed by atoms with E-state index in [1.54, 1.807) is 0 Å². The van der Waals surface area contributed by atoms with Gasteiger partial charge >= 0.3 is 0 Å². The van der Waals surface area contributed by atoms with Gasteiger partial charge in [0.2, 0.25) is 6.79 Å². The predicted octanol–water partition coefficient (Wildman–Crippen LogP) is 2.67. The minimum Gasteiger partial charge on any atom is -0.454 e. The first-order valence-corrected chi connectivity index (χ1v) is 9.05. The van der Waals surface area contributed by atoms with Crippen LogP contribution in [-0.4, -0.2) is 50.0 Å². The van der Waals surface area contributed by atoms with Gasteiger partial charge < -0.3 is 29.2 Å². The number of aliphatic hydroxyl groups is 2. The molecule has 2 N–H and O–H groups in total. The molecule has 1 aliphatic rings. The first kappa shape index (κ1) is 21.7. The number of aliphatic hydroxyl groups excluding tert-OH is 2. The monoisotopic (exact) mass is 356 g/mol. The van der Waals surface area contributed by atoms with Crippen LogP contribution in [0, 0.1) is 0 Å². The summed E-state index contributed by atoms with van der Waals surface area (Å²) in [5.74, 6) is 1.72. The molecule has 0 radical (unpaired) electrons. The Morgan fingerprint density at radius 3 is 2.08 bits per heavy atom. The summed E-state index contributed by atoms with van der Waals surface area (Å²) in [6.07, 6.45) is 4.47. The molecule has 1 aliphatic heterocycles. The lowest BCUT2D eigenvalue weighted by atomic mass is 10.0. The van der Waals surface area contributed by atoms with Crippen molar-refractivity contribution >= 4 is 0 Å². The Hall–Kier alpha value is -1.34. The zero-order valence-corrected chi connectivity index (χ0v) is 15.5. The van der Waals surface area contributed by atoms with Crippen LogP contribution in [0.15, 0.2) is 12.1 Å². The second-order valence-electron chi connectivity index (χ2n) is 5.69. The van der Waals surface area contributed by atoms with Gasteiger partial charge in [0.05, 0.1) is 33.0 Å². The molecule has 25 heavy (non-hydrogen) atoms. The Bertz CT molecular complexity index is 459. The second-order valence-corrected chi connectivity index (χ2v) is 5.69. The molecule has 0 aromatic heterocycles. The quantitative estimate of drug-likeness (QED) is 0.594. The lowest BCUT2D eigenvalue weighted by Crippen LogP contribution is -2.03. The van der Waals surface area contributed by atoms with Gasteiger partial charge in [0.1, 0.15) is 0 Å². The molecule has 0 spiro atoms. The number of unbranched alkanes of at least 4 members (excludes halogenated alkanes) is 1. The van der Waals surface area contributed by atoms with E-state index in [2.05, 4.69) is 30.7 Å². The normalized spacial score (nSPS) is 12.0. The highest BCUT2D eigenvalue weighted by atomic mass is 16.7. The fourth-order valence-corrected chi connectivity index (χ4v) is 2.32. The molecule has 0 unspecified atom stereocenters. The molecule has 1 aromatic rings. The largest absolute Gasteiger partial charge is 0.454 e. The average molecular weight is 356 g/mol. The van der Waals surface area contributed by atoms with E-state index in [1.807, 2.05) is 0 Å². The minimum absolute atomic E-state index is 0.0278. The van der Waals surface area contributed by atoms with Crippen molar-refractivity contribution < 1.29 is 29.2 Å². The summed E-state index contributed by atoms with van der Waals surface area (Å²) >= 11 is 0. The van der Waals surface area contributed by atoms with E-state index in [4.69, 9.17) is 24.4 Å². The van der Waals surface area contributed by atoms with Gasteiger partial charge in [0.25, 0.3) is 0 Å². The molecular formula is C19H32O6. The van der Waals surface area contributed by atoms with Crippen LogP contribution < -0.4 is 9.47 Å². The van der Waals surface area contributed by atoms with E-state index in [9.17, 15) is 0 Å². The smallest absolute Gasteiger partial charge is 0.231 e. The molecule has 0 bridgehead atoms. The van der Waals surface area contributed by atoms with Crippen LogP contribution in [0.5, 0.6) is 11.5 Å². The van der Waals surface area contributed by atoms with Crippen molar-refractivity contribution in [2.75, 3.05) is 39.8 Å². The summed E-state index contributed by atoms with van der Waals surface area (Å²) in [5, 5.41) is 16.2. The molecule has 0 fully saturated rings. The fourth-order valence-electron chi connectivity index (χ4n) is 2.32. The Morgan fingerprint density at radius 2 is 1.52 bits per heavy atom. The minimum atomic E-state index is 0.0278. The molecule has 1 heterocycles. The Morgan fingerprint density at radius 1 is 0.880 bits per heavy atom. The third-order valence-electron chi connectivity index (χ3n) is 3.59. The van der Waals surface area contributed by atoms with Gasteiger partial charge in [-0.2, -0.15) is 0 Å². The Balaban J connectivity index is 0.000000381. The number of aryl methyl sites for hydroxylation is 1. The first-order valence-electron chi connectivity index (χ1n) is 9.05. The number of hydrogen-bond acceptors (Lipinski definition) is 6. The number of fused-ring (bicyclic) bond motifs is 1. The molecule has 0 amide bonds. The second kappa shape index (κ2) is 13.9. The predicted molar refractivity (Wildman–Crippen MR) is 96.1 cm³/mol. The molecule has 144 valence electrons. The summed E-state index contributed by atoms with van der Waals surface area (Å²) in [5.41, 5.74) is 2.55. The fraction of sp³-hybridized carbons (Fsp3) is 0.684. The molecule has 0 aliphatic carbocycles. The summed E-state index contributed by atoms with van der Waals surface area (Å²) in [4.78, 5) is 0. The van der Waals surface area contributed by atoms with Crippen molar-refractivity contribution in [3.05, 3.63) is 23.3 Å². The van der Waals surface area contributed by atoms with Crippen molar-refractivity contribution in [3.8, 4) is 11.5 Å². The molecule has 2 rings (SSSR count). The topological polar surface area (TPSA) is 77.4 Å². The van der Waals surface area contributed by atoms with Gasteiger partial charge in [-0.3, -0.25) is 0 Å². The van der Waals surface area contributed by atoms with Gasteiger partial charge in [-0.25, -0.2) is 0 Å². The van der Waals surface area contributed by atoms with Crippen LogP contribution in [0.3, 0.4) is 0 Å². The van der Waals surface area contributed by atoms with Crippen molar-refractivity contribution in [3.63, 3.8) is 0 Å². The zero-order chi connectivity index (χ0) is 18.3. The van der Waals surface area contributed by atoms with E-state index in [0.29, 0.717) is 26.6 Å². The zero-order valence-electron chi connectivity index (χ0n) is 15.5. The van der Waals surface area contributed by atoms with E-state index in [-0.39, 0.29) is 13.2 Å². The van der Waals surface area contributed by atoms with Gasteiger partial charge in [-0.05, 0) is 36.1 Å². The van der Waals surface area contributed by atoms with Crippen LogP contribution in [0.4, 0.5) is 0 Å². The molecule has 0 atom stereocenters. The van der Waals surface area contributed by atoms with Gasteiger partial charge in [-0.15, -0.1) is 0 Å². The van der Waals surface area contributed by atoms with Crippen molar-refractivity contribution in [2.45, 2.75) is 46.1 Å². The number of hydrogen-bond donors (Lipinski definition) is 2. The summed E-state index contributed by atoms with van der Waals surface area (Å²) in [6.45, 7) is 6.89. The van der Waals surface area contributed by atoms with Crippen molar-refractivity contribution in [1.82, 2.24) is 0 Å². The lowest BCUT2D eigenvalue weighted by molar-refractivity contribution is 0.0650. The summed E-state index contributed by atoms with van der Waals surface area (Å²) in [7, 11) is 0.